The lowest BCUT2D eigenvalue weighted by Gasteiger charge is -2.50. The summed E-state index contributed by atoms with van der Waals surface area (Å²) in [5.41, 5.74) is 0. The van der Waals surface area contributed by atoms with Crippen molar-refractivity contribution in [3.05, 3.63) is 0 Å². The van der Waals surface area contributed by atoms with Gasteiger partial charge in [0.15, 0.2) is 50.3 Å². The Morgan fingerprint density at radius 3 is 0.307 bits per heavy atom. The molecular formula is C48H80O40. The number of ether oxygens (including phenoxy) is 16. The summed E-state index contributed by atoms with van der Waals surface area (Å²) in [4.78, 5) is 0. The summed E-state index contributed by atoms with van der Waals surface area (Å²) >= 11 is 0. The fourth-order valence-corrected chi connectivity index (χ4v) is 11.9. The molecule has 0 amide bonds. The van der Waals surface area contributed by atoms with Crippen molar-refractivity contribution < 1.29 is 198 Å². The van der Waals surface area contributed by atoms with Gasteiger partial charge >= 0.3 is 0 Å². The molecule has 0 spiro atoms. The second-order valence-electron chi connectivity index (χ2n) is 22.5. The Labute approximate surface area is 496 Å². The maximum absolute atomic E-state index is 11.4. The summed E-state index contributed by atoms with van der Waals surface area (Å²) in [7, 11) is 0. The van der Waals surface area contributed by atoms with Crippen molar-refractivity contribution in [2.24, 2.45) is 0 Å². The van der Waals surface area contributed by atoms with Crippen LogP contribution in [0, 0.1) is 0 Å². The molecule has 30 saturated heterocycles. The van der Waals surface area contributed by atoms with E-state index in [0.717, 1.165) is 0 Å². The van der Waals surface area contributed by atoms with Crippen LogP contribution in [0.25, 0.3) is 0 Å². The zero-order valence-corrected chi connectivity index (χ0v) is 46.0. The molecule has 40 heteroatoms. The molecule has 0 aromatic heterocycles. The van der Waals surface area contributed by atoms with Crippen molar-refractivity contribution in [3.63, 3.8) is 0 Å². The van der Waals surface area contributed by atoms with E-state index in [1.54, 1.807) is 0 Å². The Kier molecular flexibility index (Phi) is 24.1. The molecule has 0 aromatic rings. The van der Waals surface area contributed by atoms with E-state index in [0.29, 0.717) is 0 Å². The summed E-state index contributed by atoms with van der Waals surface area (Å²) in [6.07, 6.45) is -82.0. The van der Waals surface area contributed by atoms with E-state index in [9.17, 15) is 123 Å². The van der Waals surface area contributed by atoms with E-state index < -0.39 is 299 Å². The Morgan fingerprint density at radius 2 is 0.227 bits per heavy atom. The lowest BCUT2D eigenvalue weighted by Crippen LogP contribution is -2.69. The van der Waals surface area contributed by atoms with Crippen LogP contribution in [-0.4, -0.2) is 421 Å². The molecule has 88 heavy (non-hydrogen) atoms. The van der Waals surface area contributed by atoms with Crippen LogP contribution in [0.15, 0.2) is 0 Å². The van der Waals surface area contributed by atoms with Crippen LogP contribution < -0.4 is 0 Å². The van der Waals surface area contributed by atoms with Crippen molar-refractivity contribution in [2.75, 3.05) is 52.9 Å². The summed E-state index contributed by atoms with van der Waals surface area (Å²) in [5, 5.41) is 265. The number of hydrogen-bond acceptors (Lipinski definition) is 40. The first-order valence-corrected chi connectivity index (χ1v) is 28.1. The Morgan fingerprint density at radius 1 is 0.136 bits per heavy atom. The predicted molar refractivity (Wildman–Crippen MR) is 261 cm³/mol. The van der Waals surface area contributed by atoms with Crippen LogP contribution in [-0.2, 0) is 75.8 Å². The van der Waals surface area contributed by atoms with E-state index in [-0.39, 0.29) is 0 Å². The molecule has 16 bridgehead atoms. The van der Waals surface area contributed by atoms with Gasteiger partial charge in [0.1, 0.15) is 195 Å². The van der Waals surface area contributed by atoms with E-state index in [2.05, 4.69) is 0 Å². The van der Waals surface area contributed by atoms with Gasteiger partial charge in [0.25, 0.3) is 0 Å². The van der Waals surface area contributed by atoms with Crippen molar-refractivity contribution in [1.29, 1.82) is 0 Å². The van der Waals surface area contributed by atoms with Gasteiger partial charge in [0.2, 0.25) is 0 Å². The molecule has 30 heterocycles. The SMILES string of the molecule is OCC1O[C@@H]2O[C@@H]3C(CO)O[C@H](O[C@@H]4C(CO)O[C@H](O[C@@H]5C(CO)O[C@@H](O[C@@H]6C(CO)O[C@H](O[C@H]7C(CO)O[C@H](O[C@@H]8C(CO)OC(O[C@@H]9C(CO)OC(O[C@H]1C(O)C2O)C(O)[C@H]9O)[C@@H](O)C8O)C(O)C7O)C(O)C6O)C(O)C5O)C(O)C4O)C(O)C3O. The maximum atomic E-state index is 11.4. The van der Waals surface area contributed by atoms with Gasteiger partial charge in [0.05, 0.1) is 52.9 Å². The smallest absolute Gasteiger partial charge is 0.187 e. The zero-order chi connectivity index (χ0) is 64.1. The largest absolute Gasteiger partial charge is 0.394 e. The Hall–Kier alpha value is -1.60. The van der Waals surface area contributed by atoms with Crippen LogP contribution in [0.3, 0.4) is 0 Å². The average Bonchev–Trinajstić information content (AvgIpc) is 0.985. The molecule has 24 unspecified atom stereocenters. The molecule has 30 aliphatic rings. The van der Waals surface area contributed by atoms with Crippen molar-refractivity contribution in [3.8, 4) is 0 Å². The third kappa shape index (κ3) is 13.8. The van der Waals surface area contributed by atoms with Gasteiger partial charge in [-0.15, -0.1) is 0 Å². The standard InChI is InChI=1S/C48H80O40/c49-1-9-33-17(57)25(65)41(73-9)82-34-10(2-50)75-43(27(67)19(34)59)84-36-12(4-52)77-45(29(69)21(36)61)86-38-14(6-54)79-47(31(71)23(38)63)88-40-16(8-56)80-48(32(72)24(40)64)87-39-15(7-55)78-46(30(70)22(39)62)85-37-13(5-53)76-44(28(68)20(37)60)83-35-11(3-51)74-42(81-33)26(66)18(35)58/h9-72H,1-8H2/t9?,10?,11?,12?,13?,14?,15?,16?,17-,18?,19?,20?,21?,22?,23?,24?,25?,26+,27?,28?,29?,30?,31?,32?,33-,34-,35-,36-,37+,38-,39-,40-,41?,42?,43-,44-,45-,46-,47-,48+/m1/s1. The third-order valence-electron chi connectivity index (χ3n) is 16.9. The summed E-state index contributed by atoms with van der Waals surface area (Å²) in [6.45, 7) is -8.64. The van der Waals surface area contributed by atoms with Gasteiger partial charge in [0, 0.05) is 0 Å². The average molecular weight is 1300 g/mol. The lowest BCUT2D eigenvalue weighted by molar-refractivity contribution is -0.404. The number of aliphatic hydroxyl groups excluding tert-OH is 24. The first kappa shape index (κ1) is 70.7. The molecule has 30 aliphatic heterocycles. The highest BCUT2D eigenvalue weighted by molar-refractivity contribution is 5.02. The molecule has 0 radical (unpaired) electrons. The van der Waals surface area contributed by atoms with Crippen molar-refractivity contribution >= 4 is 0 Å². The van der Waals surface area contributed by atoms with Crippen molar-refractivity contribution in [2.45, 2.75) is 246 Å². The highest BCUT2D eigenvalue weighted by Gasteiger charge is 2.60. The highest BCUT2D eigenvalue weighted by atomic mass is 16.8. The molecule has 0 aromatic carbocycles. The van der Waals surface area contributed by atoms with Gasteiger partial charge in [-0.3, -0.25) is 0 Å². The van der Waals surface area contributed by atoms with Gasteiger partial charge in [-0.25, -0.2) is 0 Å². The summed E-state index contributed by atoms with van der Waals surface area (Å²) in [5.74, 6) is 0. The van der Waals surface area contributed by atoms with E-state index in [1.165, 1.54) is 0 Å². The number of aliphatic hydroxyl groups is 24. The normalized spacial score (nSPS) is 55.4. The van der Waals surface area contributed by atoms with E-state index >= 15 is 0 Å². The number of hydrogen-bond donors (Lipinski definition) is 24. The second kappa shape index (κ2) is 30.0. The van der Waals surface area contributed by atoms with E-state index in [4.69, 9.17) is 75.8 Å². The number of rotatable bonds is 8. The first-order chi connectivity index (χ1) is 41.9. The topological polar surface area (TPSA) is 633 Å². The lowest BCUT2D eigenvalue weighted by atomic mass is 9.94. The van der Waals surface area contributed by atoms with Gasteiger partial charge in [-0.05, 0) is 0 Å². The Bertz CT molecular complexity index is 1700. The molecule has 30 rings (SSSR count). The fraction of sp³-hybridized carbons (Fsp3) is 1.00. The third-order valence-corrected chi connectivity index (χ3v) is 16.9. The summed E-state index contributed by atoms with van der Waals surface area (Å²) in [6, 6.07) is 0. The molecular weight excluding hydrogens is 1220 g/mol. The van der Waals surface area contributed by atoms with Crippen LogP contribution in [0.5, 0.6) is 0 Å². The Balaban J connectivity index is 0.975. The monoisotopic (exact) mass is 1300 g/mol. The quantitative estimate of drug-likeness (QED) is 0.107. The molecule has 30 fully saturated rings. The minimum Gasteiger partial charge on any atom is -0.394 e. The first-order valence-electron chi connectivity index (χ1n) is 28.1. The van der Waals surface area contributed by atoms with Crippen LogP contribution in [0.2, 0.25) is 0 Å². The molecule has 24 N–H and O–H groups in total. The fourth-order valence-electron chi connectivity index (χ4n) is 11.9. The molecule has 512 valence electrons. The van der Waals surface area contributed by atoms with Gasteiger partial charge in [-0.2, -0.15) is 0 Å². The summed E-state index contributed by atoms with van der Waals surface area (Å²) < 4.78 is 91.1. The maximum Gasteiger partial charge on any atom is 0.187 e. The second-order valence-corrected chi connectivity index (χ2v) is 22.5. The van der Waals surface area contributed by atoms with Crippen molar-refractivity contribution in [1.82, 2.24) is 0 Å². The van der Waals surface area contributed by atoms with Crippen LogP contribution in [0.4, 0.5) is 0 Å². The van der Waals surface area contributed by atoms with E-state index in [1.807, 2.05) is 0 Å². The van der Waals surface area contributed by atoms with Gasteiger partial charge in [-0.1, -0.05) is 0 Å². The molecule has 0 saturated carbocycles. The predicted octanol–water partition coefficient (Wildman–Crippen LogP) is -17.4. The minimum absolute atomic E-state index is 1.08. The van der Waals surface area contributed by atoms with Crippen LogP contribution in [0.1, 0.15) is 0 Å². The van der Waals surface area contributed by atoms with Gasteiger partial charge < -0.3 is 198 Å². The molecule has 40 atom stereocenters. The molecule has 0 aliphatic carbocycles. The zero-order valence-electron chi connectivity index (χ0n) is 46.0. The molecule has 40 nitrogen and oxygen atoms in total. The highest BCUT2D eigenvalue weighted by Crippen LogP contribution is 2.40. The minimum atomic E-state index is -2.25. The van der Waals surface area contributed by atoms with Crippen LogP contribution >= 0.6 is 0 Å².